The summed E-state index contributed by atoms with van der Waals surface area (Å²) in [4.78, 5) is 0. The van der Waals surface area contributed by atoms with Gasteiger partial charge in [0.25, 0.3) is 0 Å². The summed E-state index contributed by atoms with van der Waals surface area (Å²) in [6, 6.07) is 54.4. The van der Waals surface area contributed by atoms with Crippen LogP contribution in [-0.4, -0.2) is 0 Å². The van der Waals surface area contributed by atoms with Crippen molar-refractivity contribution in [3.05, 3.63) is 164 Å². The first-order valence-corrected chi connectivity index (χ1v) is 18.2. The molecular weight excluding hydrogens is 600 g/mol. The third kappa shape index (κ3) is 4.20. The largest absolute Gasteiger partial charge is 0.455 e. The zero-order valence-electron chi connectivity index (χ0n) is 24.8. The summed E-state index contributed by atoms with van der Waals surface area (Å²) in [5.74, 6) is 3.20. The summed E-state index contributed by atoms with van der Waals surface area (Å²) in [6.07, 6.45) is 0. The number of hydrogen-bond acceptors (Lipinski definition) is 3. The van der Waals surface area contributed by atoms with E-state index in [1.807, 2.05) is 24.3 Å². The summed E-state index contributed by atoms with van der Waals surface area (Å²) in [7, 11) is 0. The van der Waals surface area contributed by atoms with Gasteiger partial charge in [-0.05, 0) is 63.7 Å². The van der Waals surface area contributed by atoms with Crippen LogP contribution in [0.3, 0.4) is 0 Å². The second-order valence-corrected chi connectivity index (χ2v) is 15.9. The Labute approximate surface area is 273 Å². The molecule has 0 bridgehead atoms. The molecule has 218 valence electrons. The fourth-order valence-electron chi connectivity index (χ4n) is 6.70. The molecule has 0 unspecified atom stereocenters. The highest BCUT2D eigenvalue weighted by Crippen LogP contribution is 2.62. The van der Waals surface area contributed by atoms with Crippen LogP contribution in [0.1, 0.15) is 0 Å². The van der Waals surface area contributed by atoms with E-state index in [1.165, 1.54) is 0 Å². The smallest absolute Gasteiger partial charge is 0.148 e. The number of fused-ring (bicyclic) bond motifs is 4. The lowest BCUT2D eigenvalue weighted by atomic mass is 9.96. The van der Waals surface area contributed by atoms with Crippen molar-refractivity contribution in [3.8, 4) is 67.5 Å². The molecule has 0 saturated heterocycles. The molecule has 0 atom stereocenters. The van der Waals surface area contributed by atoms with Crippen LogP contribution in [0.4, 0.5) is 0 Å². The fraction of sp³-hybridized carbons (Fsp3) is 0. The van der Waals surface area contributed by atoms with Gasteiger partial charge in [-0.1, -0.05) is 145 Å². The summed E-state index contributed by atoms with van der Waals surface area (Å²) in [5.41, 5.74) is 8.70. The molecule has 7 aromatic rings. The predicted molar refractivity (Wildman–Crippen MR) is 194 cm³/mol. The van der Waals surface area contributed by atoms with Gasteiger partial charge in [-0.2, -0.15) is 0 Å². The molecular formula is C42H27O2PS. The molecule has 0 spiro atoms. The fourth-order valence-corrected chi connectivity index (χ4v) is 11.2. The van der Waals surface area contributed by atoms with Crippen molar-refractivity contribution in [3.63, 3.8) is 0 Å². The van der Waals surface area contributed by atoms with E-state index in [4.69, 9.17) is 21.3 Å². The van der Waals surface area contributed by atoms with E-state index >= 15 is 0 Å². The molecule has 4 heteroatoms. The van der Waals surface area contributed by atoms with Crippen LogP contribution in [0, 0.1) is 0 Å². The zero-order chi connectivity index (χ0) is 30.7. The van der Waals surface area contributed by atoms with Crippen LogP contribution in [0.15, 0.2) is 164 Å². The second kappa shape index (κ2) is 10.7. The number of benzene rings is 7. The van der Waals surface area contributed by atoms with Crippen LogP contribution < -0.4 is 25.4 Å². The minimum absolute atomic E-state index is 0.792. The summed E-state index contributed by atoms with van der Waals surface area (Å²) in [5, 5.41) is 3.09. The Morgan fingerprint density at radius 1 is 0.370 bits per heavy atom. The van der Waals surface area contributed by atoms with E-state index in [0.717, 1.165) is 83.4 Å². The lowest BCUT2D eigenvalue weighted by Gasteiger charge is -2.39. The molecule has 2 heterocycles. The first-order chi connectivity index (χ1) is 22.7. The first-order valence-electron chi connectivity index (χ1n) is 15.4. The van der Waals surface area contributed by atoms with E-state index in [0.29, 0.717) is 0 Å². The van der Waals surface area contributed by atoms with Gasteiger partial charge in [-0.3, -0.25) is 0 Å². The molecule has 0 radical (unpaired) electrons. The average Bonchev–Trinajstić information content (AvgIpc) is 3.13. The van der Waals surface area contributed by atoms with Crippen molar-refractivity contribution in [2.75, 3.05) is 0 Å². The summed E-state index contributed by atoms with van der Waals surface area (Å²) in [6.45, 7) is 0. The minimum atomic E-state index is -2.72. The topological polar surface area (TPSA) is 18.5 Å². The molecule has 0 saturated carbocycles. The maximum absolute atomic E-state index is 7.15. The normalized spacial score (nSPS) is 13.4. The molecule has 2 aliphatic heterocycles. The molecule has 0 N–H and O–H groups in total. The Balaban J connectivity index is 1.40. The molecule has 2 nitrogen and oxygen atoms in total. The number of rotatable bonds is 4. The molecule has 46 heavy (non-hydrogen) atoms. The quantitative estimate of drug-likeness (QED) is 0.181. The average molecular weight is 627 g/mol. The van der Waals surface area contributed by atoms with Crippen LogP contribution >= 0.6 is 6.04 Å². The first kappa shape index (κ1) is 27.1. The highest BCUT2D eigenvalue weighted by molar-refractivity contribution is 8.26. The zero-order valence-corrected chi connectivity index (χ0v) is 26.5. The van der Waals surface area contributed by atoms with Gasteiger partial charge in [0.1, 0.15) is 23.0 Å². The third-order valence-corrected chi connectivity index (χ3v) is 13.7. The number of ether oxygens (including phenoxy) is 2. The Morgan fingerprint density at radius 3 is 1.13 bits per heavy atom. The molecule has 0 fully saturated rings. The van der Waals surface area contributed by atoms with Gasteiger partial charge in [0.05, 0.1) is 11.3 Å². The van der Waals surface area contributed by atoms with Crippen molar-refractivity contribution in [2.45, 2.75) is 0 Å². The van der Waals surface area contributed by atoms with Gasteiger partial charge in [0, 0.05) is 21.7 Å². The van der Waals surface area contributed by atoms with Crippen molar-refractivity contribution in [1.29, 1.82) is 0 Å². The van der Waals surface area contributed by atoms with E-state index in [2.05, 4.69) is 140 Å². The number of hydrogen-bond donors (Lipinski definition) is 0. The lowest BCUT2D eigenvalue weighted by molar-refractivity contribution is 0.469. The van der Waals surface area contributed by atoms with Crippen LogP contribution in [0.25, 0.3) is 44.5 Å². The van der Waals surface area contributed by atoms with Crippen LogP contribution in [0.5, 0.6) is 23.0 Å². The summed E-state index contributed by atoms with van der Waals surface area (Å²) >= 11 is 7.15. The Hall–Kier alpha value is -5.21. The second-order valence-electron chi connectivity index (χ2n) is 11.6. The van der Waals surface area contributed by atoms with Gasteiger partial charge in [0.15, 0.2) is 0 Å². The maximum atomic E-state index is 7.15. The molecule has 2 aliphatic rings. The predicted octanol–water partition coefficient (Wildman–Crippen LogP) is 10.3. The molecule has 0 amide bonds. The van der Waals surface area contributed by atoms with Crippen molar-refractivity contribution < 1.29 is 9.47 Å². The standard InChI is InChI=1S/C42H27O2PS/c46-45-38-25-32(28-13-5-1-6-14-28)21-23-36(38)43-40-34(30-17-9-3-10-18-30)27-35(31-19-11-4-12-20-31)41(42(40)45)44-37-24-22-33(26-39(37)45)29-15-7-2-8-16-29/h1-27H. The molecule has 0 aliphatic carbocycles. The highest BCUT2D eigenvalue weighted by Gasteiger charge is 2.45. The van der Waals surface area contributed by atoms with Gasteiger partial charge >= 0.3 is 0 Å². The van der Waals surface area contributed by atoms with Gasteiger partial charge in [0.2, 0.25) is 0 Å². The van der Waals surface area contributed by atoms with Gasteiger partial charge in [-0.25, -0.2) is 0 Å². The third-order valence-electron chi connectivity index (χ3n) is 8.93. The Bertz CT molecular complexity index is 2160. The molecule has 0 aromatic heterocycles. The van der Waals surface area contributed by atoms with E-state index in [9.17, 15) is 0 Å². The van der Waals surface area contributed by atoms with Gasteiger partial charge in [-0.15, -0.1) is 0 Å². The van der Waals surface area contributed by atoms with Crippen molar-refractivity contribution in [2.24, 2.45) is 0 Å². The monoisotopic (exact) mass is 626 g/mol. The minimum Gasteiger partial charge on any atom is -0.455 e. The van der Waals surface area contributed by atoms with E-state index < -0.39 is 6.04 Å². The SMILES string of the molecule is S=P12c3cc(-c4ccccc4)ccc3Oc3c(-c4ccccc4)cc(-c4ccccc4)c(c31)Oc1ccc(-c3ccccc3)cc12. The molecule has 7 aromatic carbocycles. The Morgan fingerprint density at radius 2 is 0.739 bits per heavy atom. The maximum Gasteiger partial charge on any atom is 0.148 e. The van der Waals surface area contributed by atoms with Gasteiger partial charge < -0.3 is 9.47 Å². The van der Waals surface area contributed by atoms with Crippen molar-refractivity contribution in [1.82, 2.24) is 0 Å². The molecule has 9 rings (SSSR count). The van der Waals surface area contributed by atoms with Crippen LogP contribution in [-0.2, 0) is 11.8 Å². The van der Waals surface area contributed by atoms with E-state index in [1.54, 1.807) is 0 Å². The summed E-state index contributed by atoms with van der Waals surface area (Å²) < 4.78 is 13.9. The van der Waals surface area contributed by atoms with Crippen molar-refractivity contribution >= 4 is 33.8 Å². The Kier molecular flexibility index (Phi) is 6.31. The van der Waals surface area contributed by atoms with Crippen LogP contribution in [0.2, 0.25) is 0 Å². The van der Waals surface area contributed by atoms with E-state index in [-0.39, 0.29) is 0 Å². The highest BCUT2D eigenvalue weighted by atomic mass is 32.4. The lowest BCUT2D eigenvalue weighted by Crippen LogP contribution is -2.35.